The van der Waals surface area contributed by atoms with Crippen LogP contribution in [0.1, 0.15) is 48.0 Å². The summed E-state index contributed by atoms with van der Waals surface area (Å²) in [6, 6.07) is 7.91. The van der Waals surface area contributed by atoms with Gasteiger partial charge in [0.1, 0.15) is 17.9 Å². The van der Waals surface area contributed by atoms with Crippen LogP contribution < -0.4 is 15.6 Å². The third-order valence-electron chi connectivity index (χ3n) is 4.05. The maximum absolute atomic E-state index is 12.2. The lowest BCUT2D eigenvalue weighted by atomic mass is 9.87. The van der Waals surface area contributed by atoms with Crippen molar-refractivity contribution in [1.82, 2.24) is 15.5 Å². The normalized spacial score (nSPS) is 11.2. The molecule has 1 aromatic carbocycles. The van der Waals surface area contributed by atoms with Crippen molar-refractivity contribution in [2.75, 3.05) is 13.2 Å². The zero-order valence-corrected chi connectivity index (χ0v) is 15.4. The number of hydrogen-bond acceptors (Lipinski definition) is 4. The van der Waals surface area contributed by atoms with Gasteiger partial charge in [-0.1, -0.05) is 32.9 Å². The predicted molar refractivity (Wildman–Crippen MR) is 97.3 cm³/mol. The van der Waals surface area contributed by atoms with E-state index in [9.17, 15) is 9.59 Å². The fraction of sp³-hybridized carbons (Fsp3) is 0.421. The number of nitrogens with zero attached hydrogens (tertiary/aromatic N) is 1. The minimum atomic E-state index is -0.487. The molecule has 0 saturated carbocycles. The second-order valence-corrected chi connectivity index (χ2v) is 7.02. The van der Waals surface area contributed by atoms with Gasteiger partial charge in [0.05, 0.1) is 12.2 Å². The molecule has 25 heavy (non-hydrogen) atoms. The Morgan fingerprint density at radius 3 is 2.68 bits per heavy atom. The van der Waals surface area contributed by atoms with Gasteiger partial charge in [-0.25, -0.2) is 5.10 Å². The van der Waals surface area contributed by atoms with Crippen LogP contribution in [0.2, 0.25) is 0 Å². The van der Waals surface area contributed by atoms with Crippen molar-refractivity contribution in [3.8, 4) is 5.75 Å². The molecule has 1 heterocycles. The number of carbonyl (C=O) groups excluding carboxylic acids is 1. The maximum Gasteiger partial charge on any atom is 0.277 e. The molecule has 1 aromatic heterocycles. The number of hydrogen-bond donors (Lipinski definition) is 2. The van der Waals surface area contributed by atoms with E-state index in [1.807, 2.05) is 18.2 Å². The third-order valence-corrected chi connectivity index (χ3v) is 4.05. The average Bonchev–Trinajstić information content (AvgIpc) is 2.55. The third kappa shape index (κ3) is 4.68. The van der Waals surface area contributed by atoms with Crippen molar-refractivity contribution >= 4 is 5.91 Å². The van der Waals surface area contributed by atoms with E-state index in [1.165, 1.54) is 5.56 Å². The molecular formula is C19H25N3O3. The minimum absolute atomic E-state index is 0.0470. The molecule has 2 aromatic rings. The number of ether oxygens (including phenoxy) is 1. The van der Waals surface area contributed by atoms with Crippen molar-refractivity contribution in [2.24, 2.45) is 0 Å². The Bertz CT molecular complexity index is 819. The largest absolute Gasteiger partial charge is 0.492 e. The summed E-state index contributed by atoms with van der Waals surface area (Å²) in [5, 5.41) is 8.88. The zero-order chi connectivity index (χ0) is 18.6. The molecule has 0 saturated heterocycles. The summed E-state index contributed by atoms with van der Waals surface area (Å²) < 4.78 is 5.70. The summed E-state index contributed by atoms with van der Waals surface area (Å²) >= 11 is 0. The van der Waals surface area contributed by atoms with Crippen molar-refractivity contribution in [1.29, 1.82) is 0 Å². The number of amides is 1. The van der Waals surface area contributed by atoms with Crippen LogP contribution in [0.5, 0.6) is 5.75 Å². The van der Waals surface area contributed by atoms with Crippen molar-refractivity contribution < 1.29 is 9.53 Å². The molecule has 0 fully saturated rings. The quantitative estimate of drug-likeness (QED) is 0.817. The highest BCUT2D eigenvalue weighted by Crippen LogP contribution is 2.25. The second-order valence-electron chi connectivity index (χ2n) is 7.02. The Hall–Kier alpha value is -2.63. The van der Waals surface area contributed by atoms with E-state index in [2.05, 4.69) is 42.4 Å². The van der Waals surface area contributed by atoms with Gasteiger partial charge in [-0.05, 0) is 42.5 Å². The highest BCUT2D eigenvalue weighted by molar-refractivity contribution is 5.95. The Balaban J connectivity index is 1.93. The smallest absolute Gasteiger partial charge is 0.277 e. The Morgan fingerprint density at radius 1 is 1.28 bits per heavy atom. The topological polar surface area (TPSA) is 84.1 Å². The van der Waals surface area contributed by atoms with Gasteiger partial charge in [0.15, 0.2) is 0 Å². The Morgan fingerprint density at radius 2 is 2.00 bits per heavy atom. The van der Waals surface area contributed by atoms with Crippen LogP contribution in [0.15, 0.2) is 29.1 Å². The summed E-state index contributed by atoms with van der Waals surface area (Å²) in [6.07, 6.45) is 0. The molecule has 6 heteroatoms. The van der Waals surface area contributed by atoms with Crippen LogP contribution in [0.3, 0.4) is 0 Å². The Labute approximate surface area is 147 Å². The van der Waals surface area contributed by atoms with Gasteiger partial charge in [-0.2, -0.15) is 5.10 Å². The van der Waals surface area contributed by atoms with Crippen LogP contribution in [0, 0.1) is 13.8 Å². The summed E-state index contributed by atoms with van der Waals surface area (Å²) in [6.45, 7) is 10.5. The van der Waals surface area contributed by atoms with Crippen molar-refractivity contribution in [3.63, 3.8) is 0 Å². The fourth-order valence-electron chi connectivity index (χ4n) is 2.37. The van der Waals surface area contributed by atoms with Gasteiger partial charge in [-0.15, -0.1) is 0 Å². The number of nitrogens with one attached hydrogen (secondary N) is 2. The van der Waals surface area contributed by atoms with Gasteiger partial charge in [-0.3, -0.25) is 9.59 Å². The lowest BCUT2D eigenvalue weighted by Gasteiger charge is -2.19. The summed E-state index contributed by atoms with van der Waals surface area (Å²) in [7, 11) is 0. The number of aryl methyl sites for hydroxylation is 1. The van der Waals surface area contributed by atoms with Crippen LogP contribution >= 0.6 is 0 Å². The Kier molecular flexibility index (Phi) is 5.62. The number of carbonyl (C=O) groups is 1. The number of H-pyrrole nitrogens is 1. The van der Waals surface area contributed by atoms with Gasteiger partial charge >= 0.3 is 0 Å². The molecule has 0 atom stereocenters. The summed E-state index contributed by atoms with van der Waals surface area (Å²) in [5.74, 6) is 0.340. The molecule has 134 valence electrons. The van der Waals surface area contributed by atoms with E-state index in [0.29, 0.717) is 24.4 Å². The first-order chi connectivity index (χ1) is 11.7. The first-order valence-corrected chi connectivity index (χ1v) is 8.27. The van der Waals surface area contributed by atoms with E-state index in [-0.39, 0.29) is 11.0 Å². The molecule has 0 radical (unpaired) electrons. The van der Waals surface area contributed by atoms with E-state index in [4.69, 9.17) is 4.74 Å². The van der Waals surface area contributed by atoms with Crippen LogP contribution in [0.4, 0.5) is 0 Å². The highest BCUT2D eigenvalue weighted by atomic mass is 16.5. The molecular weight excluding hydrogens is 318 g/mol. The molecule has 0 spiro atoms. The number of aromatic amines is 1. The highest BCUT2D eigenvalue weighted by Gasteiger charge is 2.16. The van der Waals surface area contributed by atoms with Gasteiger partial charge < -0.3 is 10.1 Å². The molecule has 2 rings (SSSR count). The first-order valence-electron chi connectivity index (χ1n) is 8.27. The second kappa shape index (κ2) is 7.51. The van der Waals surface area contributed by atoms with Crippen LogP contribution in [0.25, 0.3) is 0 Å². The van der Waals surface area contributed by atoms with Gasteiger partial charge in [0, 0.05) is 0 Å². The van der Waals surface area contributed by atoms with E-state index >= 15 is 0 Å². The molecule has 0 aliphatic rings. The van der Waals surface area contributed by atoms with Crippen molar-refractivity contribution in [2.45, 2.75) is 40.0 Å². The van der Waals surface area contributed by atoms with Crippen LogP contribution in [-0.2, 0) is 5.41 Å². The molecule has 6 nitrogen and oxygen atoms in total. The SMILES string of the molecule is Cc1n[nH]c(=O)c(C(=O)NCCOc2cccc(C(C)(C)C)c2)c1C. The number of benzene rings is 1. The molecule has 2 N–H and O–H groups in total. The predicted octanol–water partition coefficient (Wildman–Crippen LogP) is 2.49. The monoisotopic (exact) mass is 343 g/mol. The lowest BCUT2D eigenvalue weighted by Crippen LogP contribution is -2.34. The van der Waals surface area contributed by atoms with Crippen molar-refractivity contribution in [3.05, 3.63) is 57.0 Å². The zero-order valence-electron chi connectivity index (χ0n) is 15.4. The fourth-order valence-corrected chi connectivity index (χ4v) is 2.37. The van der Waals surface area contributed by atoms with Gasteiger partial charge in [0.25, 0.3) is 11.5 Å². The standard InChI is InChI=1S/C19H25N3O3/c1-12-13(2)21-22-18(24)16(12)17(23)20-9-10-25-15-8-6-7-14(11-15)19(3,4)5/h6-8,11H,9-10H2,1-5H3,(H,20,23)(H,22,24). The average molecular weight is 343 g/mol. The number of rotatable bonds is 5. The molecule has 0 aliphatic carbocycles. The first kappa shape index (κ1) is 18.7. The lowest BCUT2D eigenvalue weighted by molar-refractivity contribution is 0.0944. The molecule has 0 unspecified atom stereocenters. The van der Waals surface area contributed by atoms with Crippen LogP contribution in [-0.4, -0.2) is 29.3 Å². The maximum atomic E-state index is 12.2. The number of aromatic nitrogens is 2. The summed E-state index contributed by atoms with van der Waals surface area (Å²) in [4.78, 5) is 24.0. The van der Waals surface area contributed by atoms with E-state index in [0.717, 1.165) is 5.75 Å². The van der Waals surface area contributed by atoms with E-state index in [1.54, 1.807) is 13.8 Å². The van der Waals surface area contributed by atoms with Gasteiger partial charge in [0.2, 0.25) is 0 Å². The van der Waals surface area contributed by atoms with E-state index < -0.39 is 11.5 Å². The summed E-state index contributed by atoms with van der Waals surface area (Å²) in [5.41, 5.74) is 2.05. The molecule has 0 aliphatic heterocycles. The molecule has 0 bridgehead atoms. The molecule has 1 amide bonds. The minimum Gasteiger partial charge on any atom is -0.492 e.